The zero-order valence-electron chi connectivity index (χ0n) is 6.81. The van der Waals surface area contributed by atoms with Gasteiger partial charge >= 0.3 is 5.97 Å². The third-order valence-electron chi connectivity index (χ3n) is 1.19. The Morgan fingerprint density at radius 1 is 1.69 bits per heavy atom. The molecule has 1 heterocycles. The van der Waals surface area contributed by atoms with Crippen LogP contribution in [0, 0.1) is 0 Å². The van der Waals surface area contributed by atoms with Gasteiger partial charge in [0.1, 0.15) is 5.69 Å². The number of thiazole rings is 1. The normalized spacial score (nSPS) is 9.62. The molecule has 70 valence electrons. The first kappa shape index (κ1) is 9.66. The lowest BCUT2D eigenvalue weighted by Crippen LogP contribution is -2.17. The van der Waals surface area contributed by atoms with Gasteiger partial charge in [-0.3, -0.25) is 4.79 Å². The molecular formula is C7H7NO4S. The van der Waals surface area contributed by atoms with Crippen molar-refractivity contribution in [1.82, 2.24) is 4.98 Å². The molecule has 0 saturated carbocycles. The van der Waals surface area contributed by atoms with Gasteiger partial charge in [0.05, 0.1) is 6.61 Å². The SMILES string of the molecule is CCOC(=O)C(=O)c1csc(O)n1. The topological polar surface area (TPSA) is 76.5 Å². The van der Waals surface area contributed by atoms with Crippen LogP contribution in [0.5, 0.6) is 5.19 Å². The fourth-order valence-electron chi connectivity index (χ4n) is 0.670. The molecule has 13 heavy (non-hydrogen) atoms. The Labute approximate surface area is 78.0 Å². The number of aromatic nitrogens is 1. The van der Waals surface area contributed by atoms with Crippen molar-refractivity contribution < 1.29 is 19.4 Å². The molecule has 6 heteroatoms. The fraction of sp³-hybridized carbons (Fsp3) is 0.286. The van der Waals surface area contributed by atoms with E-state index >= 15 is 0 Å². The Bertz CT molecular complexity index is 333. The number of ketones is 1. The summed E-state index contributed by atoms with van der Waals surface area (Å²) in [6.07, 6.45) is 0. The Kier molecular flexibility index (Phi) is 2.97. The quantitative estimate of drug-likeness (QED) is 0.440. The third-order valence-corrected chi connectivity index (χ3v) is 1.83. The van der Waals surface area contributed by atoms with Crippen LogP contribution in [0.25, 0.3) is 0 Å². The fourth-order valence-corrected chi connectivity index (χ4v) is 1.20. The first-order valence-corrected chi connectivity index (χ1v) is 4.39. The van der Waals surface area contributed by atoms with Crippen molar-refractivity contribution in [3.63, 3.8) is 0 Å². The molecule has 0 aliphatic heterocycles. The zero-order valence-corrected chi connectivity index (χ0v) is 7.63. The van der Waals surface area contributed by atoms with Gasteiger partial charge in [-0.25, -0.2) is 4.79 Å². The Hall–Kier alpha value is -1.43. The summed E-state index contributed by atoms with van der Waals surface area (Å²) in [6, 6.07) is 0. The van der Waals surface area contributed by atoms with E-state index in [1.54, 1.807) is 6.92 Å². The van der Waals surface area contributed by atoms with E-state index in [2.05, 4.69) is 9.72 Å². The lowest BCUT2D eigenvalue weighted by Gasteiger charge is -1.96. The molecule has 0 saturated heterocycles. The number of esters is 1. The van der Waals surface area contributed by atoms with Crippen molar-refractivity contribution in [3.8, 4) is 5.19 Å². The largest absolute Gasteiger partial charge is 0.486 e. The van der Waals surface area contributed by atoms with E-state index in [0.29, 0.717) is 0 Å². The predicted molar refractivity (Wildman–Crippen MR) is 44.7 cm³/mol. The van der Waals surface area contributed by atoms with E-state index in [9.17, 15) is 9.59 Å². The molecule has 1 rings (SSSR count). The molecule has 5 nitrogen and oxygen atoms in total. The van der Waals surface area contributed by atoms with Crippen LogP contribution in [0.3, 0.4) is 0 Å². The average molecular weight is 201 g/mol. The Morgan fingerprint density at radius 3 is 2.85 bits per heavy atom. The highest BCUT2D eigenvalue weighted by atomic mass is 32.1. The van der Waals surface area contributed by atoms with Crippen LogP contribution in [0.1, 0.15) is 17.4 Å². The van der Waals surface area contributed by atoms with E-state index < -0.39 is 11.8 Å². The summed E-state index contributed by atoms with van der Waals surface area (Å²) in [5, 5.41) is 9.87. The number of Topliss-reactive ketones (excluding diaryl/α,β-unsaturated/α-hetero) is 1. The molecule has 0 bridgehead atoms. The minimum Gasteiger partial charge on any atom is -0.486 e. The number of aromatic hydroxyl groups is 1. The van der Waals surface area contributed by atoms with Crippen LogP contribution >= 0.6 is 11.3 Å². The van der Waals surface area contributed by atoms with Crippen molar-refractivity contribution in [2.24, 2.45) is 0 Å². The van der Waals surface area contributed by atoms with E-state index in [1.807, 2.05) is 0 Å². The highest BCUT2D eigenvalue weighted by Gasteiger charge is 2.20. The van der Waals surface area contributed by atoms with Gasteiger partial charge in [-0.05, 0) is 6.92 Å². The van der Waals surface area contributed by atoms with Crippen LogP contribution in [0.4, 0.5) is 0 Å². The van der Waals surface area contributed by atoms with E-state index in [4.69, 9.17) is 5.11 Å². The van der Waals surface area contributed by atoms with Crippen LogP contribution in [-0.4, -0.2) is 28.4 Å². The number of carbonyl (C=O) groups excluding carboxylic acids is 2. The predicted octanol–water partition coefficient (Wildman–Crippen LogP) is 0.595. The summed E-state index contributed by atoms with van der Waals surface area (Å²) in [6.45, 7) is 1.74. The maximum Gasteiger partial charge on any atom is 0.381 e. The molecule has 0 unspecified atom stereocenters. The summed E-state index contributed by atoms with van der Waals surface area (Å²) in [4.78, 5) is 25.4. The summed E-state index contributed by atoms with van der Waals surface area (Å²) in [7, 11) is 0. The van der Waals surface area contributed by atoms with E-state index in [1.165, 1.54) is 5.38 Å². The molecule has 0 aliphatic rings. The van der Waals surface area contributed by atoms with Gasteiger partial charge in [0.25, 0.3) is 11.0 Å². The number of hydrogen-bond acceptors (Lipinski definition) is 6. The van der Waals surface area contributed by atoms with Crippen molar-refractivity contribution in [2.45, 2.75) is 6.92 Å². The molecule has 0 aromatic carbocycles. The second-order valence-electron chi connectivity index (χ2n) is 2.06. The highest BCUT2D eigenvalue weighted by molar-refractivity contribution is 7.11. The highest BCUT2D eigenvalue weighted by Crippen LogP contribution is 2.16. The number of rotatable bonds is 3. The minimum atomic E-state index is -0.951. The van der Waals surface area contributed by atoms with Gasteiger partial charge in [0.15, 0.2) is 0 Å². The van der Waals surface area contributed by atoms with Crippen LogP contribution in [-0.2, 0) is 9.53 Å². The smallest absolute Gasteiger partial charge is 0.381 e. The Balaban J connectivity index is 2.73. The van der Waals surface area contributed by atoms with Gasteiger partial charge in [-0.1, -0.05) is 11.3 Å². The van der Waals surface area contributed by atoms with E-state index in [0.717, 1.165) is 11.3 Å². The van der Waals surface area contributed by atoms with Gasteiger partial charge in [-0.2, -0.15) is 4.98 Å². The molecule has 0 radical (unpaired) electrons. The van der Waals surface area contributed by atoms with Crippen molar-refractivity contribution >= 4 is 23.1 Å². The van der Waals surface area contributed by atoms with Crippen molar-refractivity contribution in [3.05, 3.63) is 11.1 Å². The molecule has 0 atom stereocenters. The number of hydrogen-bond donors (Lipinski definition) is 1. The standard InChI is InChI=1S/C7H7NO4S/c1-2-12-6(10)5(9)4-3-13-7(11)8-4/h3H,2H2,1H3,(H,8,11). The molecule has 0 amide bonds. The molecule has 0 aliphatic carbocycles. The first-order valence-electron chi connectivity index (χ1n) is 3.51. The summed E-state index contributed by atoms with van der Waals surface area (Å²) < 4.78 is 4.46. The van der Waals surface area contributed by atoms with Crippen molar-refractivity contribution in [1.29, 1.82) is 0 Å². The second kappa shape index (κ2) is 3.99. The number of ether oxygens (including phenoxy) is 1. The molecule has 0 spiro atoms. The maximum atomic E-state index is 11.1. The van der Waals surface area contributed by atoms with Crippen LogP contribution in [0.15, 0.2) is 5.38 Å². The molecule has 0 fully saturated rings. The Morgan fingerprint density at radius 2 is 2.38 bits per heavy atom. The second-order valence-corrected chi connectivity index (χ2v) is 2.90. The molecule has 1 aromatic heterocycles. The van der Waals surface area contributed by atoms with Crippen molar-refractivity contribution in [2.75, 3.05) is 6.61 Å². The molecular weight excluding hydrogens is 194 g/mol. The summed E-state index contributed by atoms with van der Waals surface area (Å²) in [5.74, 6) is -1.79. The molecule has 1 aromatic rings. The summed E-state index contributed by atoms with van der Waals surface area (Å²) in [5.41, 5.74) is -0.0825. The minimum absolute atomic E-state index is 0.0825. The van der Waals surface area contributed by atoms with E-state index in [-0.39, 0.29) is 17.5 Å². The lowest BCUT2D eigenvalue weighted by molar-refractivity contribution is -0.137. The maximum absolute atomic E-state index is 11.1. The number of nitrogens with zero attached hydrogens (tertiary/aromatic N) is 1. The summed E-state index contributed by atoms with van der Waals surface area (Å²) >= 11 is 0.884. The lowest BCUT2D eigenvalue weighted by atomic mass is 10.3. The van der Waals surface area contributed by atoms with Gasteiger partial charge in [0, 0.05) is 5.38 Å². The zero-order chi connectivity index (χ0) is 9.84. The van der Waals surface area contributed by atoms with Crippen LogP contribution < -0.4 is 0 Å². The monoisotopic (exact) mass is 201 g/mol. The first-order chi connectivity index (χ1) is 6.15. The van der Waals surface area contributed by atoms with Crippen LogP contribution in [0.2, 0.25) is 0 Å². The molecule has 1 N–H and O–H groups in total. The third kappa shape index (κ3) is 2.25. The van der Waals surface area contributed by atoms with Gasteiger partial charge < -0.3 is 9.84 Å². The van der Waals surface area contributed by atoms with Gasteiger partial charge in [0.2, 0.25) is 0 Å². The number of carbonyl (C=O) groups is 2. The average Bonchev–Trinajstić information content (AvgIpc) is 2.51. The van der Waals surface area contributed by atoms with Gasteiger partial charge in [-0.15, -0.1) is 0 Å².